The van der Waals surface area contributed by atoms with Crippen molar-refractivity contribution in [1.29, 1.82) is 0 Å². The number of fused-ring (bicyclic) bond motifs is 1. The van der Waals surface area contributed by atoms with E-state index in [9.17, 15) is 4.79 Å². The van der Waals surface area contributed by atoms with Crippen LogP contribution in [0.5, 0.6) is 5.75 Å². The molecular formula is C22H16BrNO2. The molecule has 2 aromatic carbocycles. The van der Waals surface area contributed by atoms with Crippen LogP contribution in [0.4, 0.5) is 0 Å². The number of hydrogen-bond donors (Lipinski definition) is 0. The summed E-state index contributed by atoms with van der Waals surface area (Å²) in [7, 11) is 0. The molecule has 3 nitrogen and oxygen atoms in total. The van der Waals surface area contributed by atoms with Gasteiger partial charge in [-0.15, -0.1) is 0 Å². The Kier molecular flexibility index (Phi) is 4.59. The van der Waals surface area contributed by atoms with Crippen molar-refractivity contribution in [2.45, 2.75) is 6.61 Å². The van der Waals surface area contributed by atoms with Crippen LogP contribution in [-0.2, 0) is 6.61 Å². The second-order valence-corrected chi connectivity index (χ2v) is 6.89. The van der Waals surface area contributed by atoms with Crippen LogP contribution in [0.2, 0.25) is 0 Å². The minimum absolute atomic E-state index is 0.471. The third-order valence-electron chi connectivity index (χ3n) is 4.30. The van der Waals surface area contributed by atoms with Crippen molar-refractivity contribution in [2.24, 2.45) is 0 Å². The number of aromatic nitrogens is 1. The van der Waals surface area contributed by atoms with E-state index in [0.29, 0.717) is 12.3 Å². The summed E-state index contributed by atoms with van der Waals surface area (Å²) >= 11 is 3.53. The van der Waals surface area contributed by atoms with E-state index in [1.165, 1.54) is 0 Å². The van der Waals surface area contributed by atoms with Crippen LogP contribution >= 0.6 is 15.9 Å². The summed E-state index contributed by atoms with van der Waals surface area (Å²) in [5.74, 6) is 0.746. The maximum atomic E-state index is 11.8. The third-order valence-corrected chi connectivity index (χ3v) is 4.79. The van der Waals surface area contributed by atoms with E-state index in [1.807, 2.05) is 83.4 Å². The number of benzene rings is 2. The Balaban J connectivity index is 1.79. The average Bonchev–Trinajstić information content (AvgIpc) is 3.06. The Morgan fingerprint density at radius 2 is 1.73 bits per heavy atom. The van der Waals surface area contributed by atoms with Gasteiger partial charge in [0.2, 0.25) is 0 Å². The van der Waals surface area contributed by atoms with Gasteiger partial charge in [0.05, 0.1) is 5.69 Å². The average molecular weight is 406 g/mol. The fraction of sp³-hybridized carbons (Fsp3) is 0.0455. The van der Waals surface area contributed by atoms with Gasteiger partial charge in [-0.1, -0.05) is 52.3 Å². The molecule has 4 heteroatoms. The van der Waals surface area contributed by atoms with Gasteiger partial charge >= 0.3 is 0 Å². The molecule has 0 aliphatic heterocycles. The predicted octanol–water partition coefficient (Wildman–Crippen LogP) is 5.76. The number of hydrogen-bond acceptors (Lipinski definition) is 2. The quantitative estimate of drug-likeness (QED) is 0.395. The van der Waals surface area contributed by atoms with Crippen LogP contribution in [0.3, 0.4) is 0 Å². The van der Waals surface area contributed by atoms with E-state index in [4.69, 9.17) is 4.74 Å². The van der Waals surface area contributed by atoms with Gasteiger partial charge in [-0.25, -0.2) is 0 Å². The lowest BCUT2D eigenvalue weighted by Gasteiger charge is -2.12. The minimum Gasteiger partial charge on any atom is -0.488 e. The number of nitrogens with zero attached hydrogens (tertiary/aromatic N) is 1. The van der Waals surface area contributed by atoms with Gasteiger partial charge < -0.3 is 9.14 Å². The predicted molar refractivity (Wildman–Crippen MR) is 107 cm³/mol. The van der Waals surface area contributed by atoms with Gasteiger partial charge in [0.15, 0.2) is 6.29 Å². The van der Waals surface area contributed by atoms with E-state index in [0.717, 1.165) is 38.7 Å². The van der Waals surface area contributed by atoms with E-state index >= 15 is 0 Å². The summed E-state index contributed by atoms with van der Waals surface area (Å²) in [6, 6.07) is 23.8. The number of rotatable bonds is 5. The van der Waals surface area contributed by atoms with Crippen LogP contribution in [0.1, 0.15) is 16.1 Å². The third kappa shape index (κ3) is 3.16. The van der Waals surface area contributed by atoms with Gasteiger partial charge in [0, 0.05) is 27.3 Å². The van der Waals surface area contributed by atoms with Gasteiger partial charge in [0.1, 0.15) is 12.4 Å². The zero-order valence-corrected chi connectivity index (χ0v) is 15.5. The zero-order chi connectivity index (χ0) is 17.9. The van der Waals surface area contributed by atoms with Gasteiger partial charge in [-0.05, 0) is 42.0 Å². The monoisotopic (exact) mass is 405 g/mol. The molecule has 0 bridgehead atoms. The zero-order valence-electron chi connectivity index (χ0n) is 13.9. The normalized spacial score (nSPS) is 10.8. The minimum atomic E-state index is 0.471. The molecule has 0 N–H and O–H groups in total. The first-order valence-electron chi connectivity index (χ1n) is 8.28. The summed E-state index contributed by atoms with van der Waals surface area (Å²) in [6.07, 6.45) is 2.79. The Labute approximate surface area is 160 Å². The second-order valence-electron chi connectivity index (χ2n) is 5.97. The van der Waals surface area contributed by atoms with Crippen LogP contribution in [-0.4, -0.2) is 10.7 Å². The SMILES string of the molecule is O=Cc1c(-c2cc(Br)ccc2OCc2ccccc2)cc2ccccn12. The van der Waals surface area contributed by atoms with E-state index in [1.54, 1.807) is 0 Å². The fourth-order valence-corrected chi connectivity index (χ4v) is 3.42. The highest BCUT2D eigenvalue weighted by Gasteiger charge is 2.16. The Hall–Kier alpha value is -2.85. The molecule has 0 unspecified atom stereocenters. The first-order valence-corrected chi connectivity index (χ1v) is 9.07. The molecule has 0 amide bonds. The Bertz CT molecular complexity index is 1070. The smallest absolute Gasteiger partial charge is 0.167 e. The molecule has 128 valence electrons. The fourth-order valence-electron chi connectivity index (χ4n) is 3.05. The van der Waals surface area contributed by atoms with E-state index < -0.39 is 0 Å². The molecule has 26 heavy (non-hydrogen) atoms. The lowest BCUT2D eigenvalue weighted by molar-refractivity contribution is 0.111. The number of carbonyl (C=O) groups is 1. The second kappa shape index (κ2) is 7.18. The topological polar surface area (TPSA) is 30.7 Å². The summed E-state index contributed by atoms with van der Waals surface area (Å²) in [6.45, 7) is 0.471. The van der Waals surface area contributed by atoms with Gasteiger partial charge in [-0.2, -0.15) is 0 Å². The molecular weight excluding hydrogens is 390 g/mol. The highest BCUT2D eigenvalue weighted by Crippen LogP contribution is 2.36. The number of aldehydes is 1. The first-order chi connectivity index (χ1) is 12.8. The summed E-state index contributed by atoms with van der Waals surface area (Å²) < 4.78 is 8.91. The van der Waals surface area contributed by atoms with Crippen molar-refractivity contribution in [3.8, 4) is 16.9 Å². The van der Waals surface area contributed by atoms with Crippen molar-refractivity contribution in [1.82, 2.24) is 4.40 Å². The van der Waals surface area contributed by atoms with Crippen molar-refractivity contribution >= 4 is 27.7 Å². The highest BCUT2D eigenvalue weighted by molar-refractivity contribution is 9.10. The maximum Gasteiger partial charge on any atom is 0.167 e. The summed E-state index contributed by atoms with van der Waals surface area (Å²) in [4.78, 5) is 11.8. The van der Waals surface area contributed by atoms with E-state index in [-0.39, 0.29) is 0 Å². The molecule has 0 saturated heterocycles. The molecule has 4 rings (SSSR count). The first kappa shape index (κ1) is 16.6. The standard InChI is InChI=1S/C22H16BrNO2/c23-17-9-10-22(26-15-16-6-2-1-3-7-16)20(12-17)19-13-18-8-4-5-11-24(18)21(19)14-25/h1-14H,15H2. The maximum absolute atomic E-state index is 11.8. The molecule has 0 spiro atoms. The number of carbonyl (C=O) groups excluding carboxylic acids is 1. The highest BCUT2D eigenvalue weighted by atomic mass is 79.9. The van der Waals surface area contributed by atoms with Crippen LogP contribution < -0.4 is 4.74 Å². The summed E-state index contributed by atoms with van der Waals surface area (Å²) in [5.41, 5.74) is 4.43. The number of halogens is 1. The molecule has 4 aromatic rings. The lowest BCUT2D eigenvalue weighted by Crippen LogP contribution is -1.98. The number of ether oxygens (including phenoxy) is 1. The van der Waals surface area contributed by atoms with Crippen molar-refractivity contribution in [3.05, 3.63) is 94.7 Å². The van der Waals surface area contributed by atoms with Crippen LogP contribution in [0, 0.1) is 0 Å². The molecule has 2 aromatic heterocycles. The van der Waals surface area contributed by atoms with Gasteiger partial charge in [-0.3, -0.25) is 4.79 Å². The Morgan fingerprint density at radius 1 is 0.923 bits per heavy atom. The van der Waals surface area contributed by atoms with Crippen molar-refractivity contribution < 1.29 is 9.53 Å². The van der Waals surface area contributed by atoms with Crippen LogP contribution in [0.25, 0.3) is 16.6 Å². The Morgan fingerprint density at radius 3 is 2.54 bits per heavy atom. The molecule has 0 atom stereocenters. The molecule has 0 radical (unpaired) electrons. The number of pyridine rings is 1. The van der Waals surface area contributed by atoms with E-state index in [2.05, 4.69) is 15.9 Å². The van der Waals surface area contributed by atoms with Crippen molar-refractivity contribution in [3.63, 3.8) is 0 Å². The van der Waals surface area contributed by atoms with Gasteiger partial charge in [0.25, 0.3) is 0 Å². The lowest BCUT2D eigenvalue weighted by atomic mass is 10.0. The molecule has 0 saturated carbocycles. The largest absolute Gasteiger partial charge is 0.488 e. The molecule has 0 aliphatic carbocycles. The van der Waals surface area contributed by atoms with Crippen molar-refractivity contribution in [2.75, 3.05) is 0 Å². The molecule has 2 heterocycles. The molecule has 0 fully saturated rings. The molecule has 0 aliphatic rings. The van der Waals surface area contributed by atoms with Crippen LogP contribution in [0.15, 0.2) is 83.5 Å². The summed E-state index contributed by atoms with van der Waals surface area (Å²) in [5, 5.41) is 0.